The maximum absolute atomic E-state index is 13.1. The molecular weight excluding hydrogens is 201 g/mol. The van der Waals surface area contributed by atoms with Crippen molar-refractivity contribution in [2.24, 2.45) is 0 Å². The average molecular weight is 216 g/mol. The lowest BCUT2D eigenvalue weighted by molar-refractivity contribution is 0.588. The number of nitrogens with one attached hydrogen (secondary N) is 1. The molecule has 1 aromatic carbocycles. The molecule has 0 aliphatic carbocycles. The van der Waals surface area contributed by atoms with Crippen LogP contribution in [0.15, 0.2) is 12.1 Å². The van der Waals surface area contributed by atoms with Crippen molar-refractivity contribution in [2.75, 3.05) is 6.54 Å². The zero-order chi connectivity index (χ0) is 10.7. The Morgan fingerprint density at radius 3 is 2.71 bits per heavy atom. The molecule has 0 radical (unpaired) electrons. The second-order valence-corrected chi connectivity index (χ2v) is 3.81. The van der Waals surface area contributed by atoms with Crippen molar-refractivity contribution in [3.05, 3.63) is 34.1 Å². The van der Waals surface area contributed by atoms with E-state index in [1.54, 1.807) is 13.0 Å². The van der Waals surface area contributed by atoms with Gasteiger partial charge in [-0.25, -0.2) is 4.39 Å². The molecule has 0 fully saturated rings. The molecule has 1 nitrogen and oxygen atoms in total. The van der Waals surface area contributed by atoms with E-state index in [2.05, 4.69) is 5.32 Å². The Hall–Kier alpha value is -0.600. The van der Waals surface area contributed by atoms with Crippen molar-refractivity contribution in [3.63, 3.8) is 0 Å². The van der Waals surface area contributed by atoms with E-state index in [-0.39, 0.29) is 11.9 Å². The first-order valence-electron chi connectivity index (χ1n) is 4.75. The highest BCUT2D eigenvalue weighted by molar-refractivity contribution is 6.31. The van der Waals surface area contributed by atoms with E-state index in [0.29, 0.717) is 10.6 Å². The smallest absolute Gasteiger partial charge is 0.127 e. The average Bonchev–Trinajstić information content (AvgIpc) is 2.11. The van der Waals surface area contributed by atoms with Gasteiger partial charge in [0.05, 0.1) is 0 Å². The van der Waals surface area contributed by atoms with Crippen LogP contribution in [0.25, 0.3) is 0 Å². The maximum Gasteiger partial charge on any atom is 0.127 e. The van der Waals surface area contributed by atoms with Gasteiger partial charge in [-0.15, -0.1) is 0 Å². The summed E-state index contributed by atoms with van der Waals surface area (Å²) in [6.45, 7) is 6.66. The fourth-order valence-corrected chi connectivity index (χ4v) is 1.74. The zero-order valence-electron chi connectivity index (χ0n) is 8.70. The molecule has 0 spiro atoms. The number of halogens is 2. The van der Waals surface area contributed by atoms with E-state index >= 15 is 0 Å². The van der Waals surface area contributed by atoms with E-state index in [1.165, 1.54) is 6.07 Å². The Labute approximate surface area is 89.3 Å². The lowest BCUT2D eigenvalue weighted by atomic mass is 10.1. The molecule has 1 atom stereocenters. The molecule has 0 saturated heterocycles. The third-order valence-electron chi connectivity index (χ3n) is 2.25. The first-order chi connectivity index (χ1) is 6.56. The van der Waals surface area contributed by atoms with Crippen LogP contribution in [0.1, 0.15) is 31.0 Å². The lowest BCUT2D eigenvalue weighted by Gasteiger charge is -2.15. The molecule has 1 aromatic rings. The molecule has 0 heterocycles. The van der Waals surface area contributed by atoms with Crippen molar-refractivity contribution >= 4 is 11.6 Å². The van der Waals surface area contributed by atoms with Gasteiger partial charge in [-0.05, 0) is 37.6 Å². The number of aryl methyl sites for hydroxylation is 1. The topological polar surface area (TPSA) is 12.0 Å². The van der Waals surface area contributed by atoms with Gasteiger partial charge < -0.3 is 5.32 Å². The Balaban J connectivity index is 3.02. The number of rotatable bonds is 3. The minimum absolute atomic E-state index is 0.159. The van der Waals surface area contributed by atoms with Crippen LogP contribution in [-0.4, -0.2) is 6.54 Å². The molecule has 0 aromatic heterocycles. The van der Waals surface area contributed by atoms with Crippen LogP contribution in [0.5, 0.6) is 0 Å². The molecule has 0 aliphatic rings. The molecule has 1 unspecified atom stereocenters. The van der Waals surface area contributed by atoms with E-state index in [4.69, 9.17) is 11.6 Å². The maximum atomic E-state index is 13.1. The molecule has 78 valence electrons. The molecule has 0 saturated carbocycles. The normalized spacial score (nSPS) is 12.9. The van der Waals surface area contributed by atoms with Gasteiger partial charge in [-0.3, -0.25) is 0 Å². The van der Waals surface area contributed by atoms with Crippen LogP contribution < -0.4 is 5.32 Å². The molecular formula is C11H15ClFN. The zero-order valence-corrected chi connectivity index (χ0v) is 9.45. The van der Waals surface area contributed by atoms with Crippen LogP contribution >= 0.6 is 11.6 Å². The standard InChI is InChI=1S/C11H15ClFN/c1-4-14-8(3)9-5-7(2)11(13)6-10(9)12/h5-6,8,14H,4H2,1-3H3. The van der Waals surface area contributed by atoms with Crippen LogP contribution in [-0.2, 0) is 0 Å². The molecule has 14 heavy (non-hydrogen) atoms. The summed E-state index contributed by atoms with van der Waals surface area (Å²) in [5.74, 6) is -0.248. The fraction of sp³-hybridized carbons (Fsp3) is 0.455. The SMILES string of the molecule is CCNC(C)c1cc(C)c(F)cc1Cl. The Morgan fingerprint density at radius 2 is 2.14 bits per heavy atom. The first-order valence-corrected chi connectivity index (χ1v) is 5.13. The minimum Gasteiger partial charge on any atom is -0.310 e. The van der Waals surface area contributed by atoms with Crippen LogP contribution in [0, 0.1) is 12.7 Å². The summed E-state index contributed by atoms with van der Waals surface area (Å²) in [7, 11) is 0. The van der Waals surface area contributed by atoms with Gasteiger partial charge in [0.2, 0.25) is 0 Å². The summed E-state index contributed by atoms with van der Waals surface area (Å²) in [6, 6.07) is 3.33. The van der Waals surface area contributed by atoms with Crippen LogP contribution in [0.2, 0.25) is 5.02 Å². The molecule has 0 bridgehead atoms. The highest BCUT2D eigenvalue weighted by atomic mass is 35.5. The third kappa shape index (κ3) is 2.46. The lowest BCUT2D eigenvalue weighted by Crippen LogP contribution is -2.18. The summed E-state index contributed by atoms with van der Waals surface area (Å²) in [6.07, 6.45) is 0. The summed E-state index contributed by atoms with van der Waals surface area (Å²) in [4.78, 5) is 0. The van der Waals surface area contributed by atoms with Gasteiger partial charge in [0.15, 0.2) is 0 Å². The van der Waals surface area contributed by atoms with Gasteiger partial charge in [-0.2, -0.15) is 0 Å². The van der Waals surface area contributed by atoms with E-state index in [9.17, 15) is 4.39 Å². The predicted molar refractivity (Wildman–Crippen MR) is 58.2 cm³/mol. The second kappa shape index (κ2) is 4.76. The monoisotopic (exact) mass is 215 g/mol. The third-order valence-corrected chi connectivity index (χ3v) is 2.58. The van der Waals surface area contributed by atoms with Crippen molar-refractivity contribution in [3.8, 4) is 0 Å². The first kappa shape index (κ1) is 11.5. The Morgan fingerprint density at radius 1 is 1.50 bits per heavy atom. The molecule has 1 rings (SSSR count). The quantitative estimate of drug-likeness (QED) is 0.815. The highest BCUT2D eigenvalue weighted by Crippen LogP contribution is 2.25. The summed E-state index contributed by atoms with van der Waals surface area (Å²) in [5, 5.41) is 3.73. The van der Waals surface area contributed by atoms with Gasteiger partial charge >= 0.3 is 0 Å². The van der Waals surface area contributed by atoms with Crippen molar-refractivity contribution in [2.45, 2.75) is 26.8 Å². The number of benzene rings is 1. The summed E-state index contributed by atoms with van der Waals surface area (Å²) < 4.78 is 13.1. The Bertz CT molecular complexity index is 325. The fourth-order valence-electron chi connectivity index (χ4n) is 1.43. The molecule has 0 aliphatic heterocycles. The predicted octanol–water partition coefficient (Wildman–Crippen LogP) is 3.46. The Kier molecular flexibility index (Phi) is 3.90. The molecule has 3 heteroatoms. The van der Waals surface area contributed by atoms with Crippen molar-refractivity contribution < 1.29 is 4.39 Å². The van der Waals surface area contributed by atoms with Crippen LogP contribution in [0.3, 0.4) is 0 Å². The van der Waals surface area contributed by atoms with Crippen molar-refractivity contribution in [1.29, 1.82) is 0 Å². The van der Waals surface area contributed by atoms with Crippen LogP contribution in [0.4, 0.5) is 4.39 Å². The van der Waals surface area contributed by atoms with E-state index in [1.807, 2.05) is 13.8 Å². The molecule has 1 N–H and O–H groups in total. The second-order valence-electron chi connectivity index (χ2n) is 3.40. The summed E-state index contributed by atoms with van der Waals surface area (Å²) >= 11 is 5.95. The van der Waals surface area contributed by atoms with Gasteiger partial charge in [0.25, 0.3) is 0 Å². The van der Waals surface area contributed by atoms with E-state index < -0.39 is 0 Å². The molecule has 0 amide bonds. The van der Waals surface area contributed by atoms with Gasteiger partial charge in [0, 0.05) is 11.1 Å². The van der Waals surface area contributed by atoms with E-state index in [0.717, 1.165) is 12.1 Å². The highest BCUT2D eigenvalue weighted by Gasteiger charge is 2.10. The largest absolute Gasteiger partial charge is 0.310 e. The summed E-state index contributed by atoms with van der Waals surface area (Å²) in [5.41, 5.74) is 1.58. The van der Waals surface area contributed by atoms with Gasteiger partial charge in [-0.1, -0.05) is 24.6 Å². The van der Waals surface area contributed by atoms with Gasteiger partial charge in [0.1, 0.15) is 5.82 Å². The number of hydrogen-bond donors (Lipinski definition) is 1. The number of hydrogen-bond acceptors (Lipinski definition) is 1. The van der Waals surface area contributed by atoms with Crippen molar-refractivity contribution in [1.82, 2.24) is 5.32 Å². The minimum atomic E-state index is -0.248.